The van der Waals surface area contributed by atoms with E-state index in [2.05, 4.69) is 48.2 Å². The Balaban J connectivity index is 1.97. The van der Waals surface area contributed by atoms with Gasteiger partial charge in [0.25, 0.3) is 0 Å². The van der Waals surface area contributed by atoms with Crippen molar-refractivity contribution in [1.29, 1.82) is 0 Å². The number of rotatable bonds is 10. The third-order valence-corrected chi connectivity index (χ3v) is 2.82. The van der Waals surface area contributed by atoms with E-state index >= 15 is 0 Å². The second-order valence-electron chi connectivity index (χ2n) is 5.12. The van der Waals surface area contributed by atoms with Gasteiger partial charge in [0.15, 0.2) is 0 Å². The van der Waals surface area contributed by atoms with Crippen LogP contribution in [-0.4, -0.2) is 49.3 Å². The Morgan fingerprint density at radius 2 is 2.00 bits per heavy atom. The maximum Gasteiger partial charge on any atom is 0.0518 e. The molecular formula is C15H27N3O. The minimum Gasteiger partial charge on any atom is -0.379 e. The summed E-state index contributed by atoms with van der Waals surface area (Å²) in [6, 6.07) is 4.13. The zero-order chi connectivity index (χ0) is 13.9. The highest BCUT2D eigenvalue weighted by molar-refractivity contribution is 5.09. The molecule has 0 spiro atoms. The van der Waals surface area contributed by atoms with Crippen LogP contribution in [0.15, 0.2) is 24.5 Å². The third-order valence-electron chi connectivity index (χ3n) is 2.82. The number of nitrogens with one attached hydrogen (secondary N) is 1. The third kappa shape index (κ3) is 8.70. The lowest BCUT2D eigenvalue weighted by molar-refractivity contribution is 0.0770. The highest BCUT2D eigenvalue weighted by atomic mass is 16.5. The Bertz CT molecular complexity index is 316. The fraction of sp³-hybridized carbons (Fsp3) is 0.667. The van der Waals surface area contributed by atoms with E-state index in [1.54, 1.807) is 0 Å². The molecule has 1 rings (SSSR count). The van der Waals surface area contributed by atoms with Crippen molar-refractivity contribution in [2.75, 3.05) is 33.3 Å². The lowest BCUT2D eigenvalue weighted by Gasteiger charge is -2.17. The normalized spacial score (nSPS) is 11.4. The zero-order valence-electron chi connectivity index (χ0n) is 12.4. The fourth-order valence-electron chi connectivity index (χ4n) is 1.79. The van der Waals surface area contributed by atoms with Crippen LogP contribution in [0.4, 0.5) is 0 Å². The molecule has 0 aliphatic carbocycles. The minimum absolute atomic E-state index is 0.339. The SMILES string of the molecule is CC(C)OCCCNCCN(C)Cc1ccncc1. The molecule has 0 unspecified atom stereocenters. The van der Waals surface area contributed by atoms with Crippen LogP contribution in [0.5, 0.6) is 0 Å². The van der Waals surface area contributed by atoms with Gasteiger partial charge in [-0.15, -0.1) is 0 Å². The lowest BCUT2D eigenvalue weighted by atomic mass is 10.2. The van der Waals surface area contributed by atoms with Crippen LogP contribution < -0.4 is 5.32 Å². The van der Waals surface area contributed by atoms with E-state index in [0.29, 0.717) is 6.10 Å². The molecule has 0 aliphatic heterocycles. The molecule has 0 saturated carbocycles. The number of pyridine rings is 1. The second-order valence-corrected chi connectivity index (χ2v) is 5.12. The number of hydrogen-bond acceptors (Lipinski definition) is 4. The van der Waals surface area contributed by atoms with Gasteiger partial charge in [-0.05, 0) is 51.6 Å². The van der Waals surface area contributed by atoms with Crippen molar-refractivity contribution >= 4 is 0 Å². The summed E-state index contributed by atoms with van der Waals surface area (Å²) in [6.45, 7) is 9.05. The first kappa shape index (κ1) is 16.1. The van der Waals surface area contributed by atoms with E-state index < -0.39 is 0 Å². The number of nitrogens with zero attached hydrogens (tertiary/aromatic N) is 2. The van der Waals surface area contributed by atoms with Crippen molar-refractivity contribution in [2.45, 2.75) is 32.9 Å². The first-order chi connectivity index (χ1) is 9.18. The monoisotopic (exact) mass is 265 g/mol. The zero-order valence-corrected chi connectivity index (χ0v) is 12.4. The van der Waals surface area contributed by atoms with Crippen molar-refractivity contribution < 1.29 is 4.74 Å². The highest BCUT2D eigenvalue weighted by Crippen LogP contribution is 1.99. The predicted molar refractivity (Wildman–Crippen MR) is 79.1 cm³/mol. The second kappa shape index (κ2) is 9.89. The summed E-state index contributed by atoms with van der Waals surface area (Å²) >= 11 is 0. The van der Waals surface area contributed by atoms with E-state index in [1.165, 1.54) is 5.56 Å². The van der Waals surface area contributed by atoms with Gasteiger partial charge in [-0.1, -0.05) is 0 Å². The number of hydrogen-bond donors (Lipinski definition) is 1. The summed E-state index contributed by atoms with van der Waals surface area (Å²) in [6.07, 6.45) is 5.10. The number of ether oxygens (including phenoxy) is 1. The van der Waals surface area contributed by atoms with Gasteiger partial charge in [-0.2, -0.15) is 0 Å². The molecule has 0 aliphatic rings. The van der Waals surface area contributed by atoms with Crippen LogP contribution in [0, 0.1) is 0 Å². The molecule has 0 fully saturated rings. The Labute approximate surface area is 117 Å². The predicted octanol–water partition coefficient (Wildman–Crippen LogP) is 1.92. The maximum atomic E-state index is 5.49. The Morgan fingerprint density at radius 3 is 2.68 bits per heavy atom. The summed E-state index contributed by atoms with van der Waals surface area (Å²) in [5, 5.41) is 3.44. The first-order valence-electron chi connectivity index (χ1n) is 7.08. The summed E-state index contributed by atoms with van der Waals surface area (Å²) in [4.78, 5) is 6.34. The average Bonchev–Trinajstić information content (AvgIpc) is 2.38. The minimum atomic E-state index is 0.339. The molecule has 0 radical (unpaired) electrons. The standard InChI is InChI=1S/C15H27N3O/c1-14(2)19-12-4-7-16-10-11-18(3)13-15-5-8-17-9-6-15/h5-6,8-9,14,16H,4,7,10-13H2,1-3H3. The summed E-state index contributed by atoms with van der Waals surface area (Å²) in [5.74, 6) is 0. The maximum absolute atomic E-state index is 5.49. The average molecular weight is 265 g/mol. The van der Waals surface area contributed by atoms with Gasteiger partial charge in [0, 0.05) is 38.6 Å². The van der Waals surface area contributed by atoms with Crippen LogP contribution in [0.25, 0.3) is 0 Å². The molecule has 19 heavy (non-hydrogen) atoms. The van der Waals surface area contributed by atoms with Gasteiger partial charge in [-0.25, -0.2) is 0 Å². The summed E-state index contributed by atoms with van der Waals surface area (Å²) in [5.41, 5.74) is 1.31. The first-order valence-corrected chi connectivity index (χ1v) is 7.08. The summed E-state index contributed by atoms with van der Waals surface area (Å²) < 4.78 is 5.49. The topological polar surface area (TPSA) is 37.4 Å². The molecule has 1 aromatic heterocycles. The van der Waals surface area contributed by atoms with Crippen LogP contribution in [-0.2, 0) is 11.3 Å². The molecule has 1 heterocycles. The van der Waals surface area contributed by atoms with Gasteiger partial charge in [-0.3, -0.25) is 4.98 Å². The Hall–Kier alpha value is -0.970. The quantitative estimate of drug-likeness (QED) is 0.656. The molecule has 4 heteroatoms. The van der Waals surface area contributed by atoms with Crippen molar-refractivity contribution in [3.8, 4) is 0 Å². The van der Waals surface area contributed by atoms with Gasteiger partial charge < -0.3 is 15.0 Å². The fourth-order valence-corrected chi connectivity index (χ4v) is 1.79. The van der Waals surface area contributed by atoms with Crippen LogP contribution in [0.1, 0.15) is 25.8 Å². The molecule has 0 bridgehead atoms. The van der Waals surface area contributed by atoms with Crippen molar-refractivity contribution in [3.63, 3.8) is 0 Å². The molecule has 108 valence electrons. The smallest absolute Gasteiger partial charge is 0.0518 e. The number of aromatic nitrogens is 1. The van der Waals surface area contributed by atoms with Crippen LogP contribution in [0.2, 0.25) is 0 Å². The van der Waals surface area contributed by atoms with E-state index in [1.807, 2.05) is 12.4 Å². The molecule has 0 aromatic carbocycles. The van der Waals surface area contributed by atoms with E-state index in [4.69, 9.17) is 4.74 Å². The molecule has 0 atom stereocenters. The van der Waals surface area contributed by atoms with Gasteiger partial charge >= 0.3 is 0 Å². The molecular weight excluding hydrogens is 238 g/mol. The Kier molecular flexibility index (Phi) is 8.38. The highest BCUT2D eigenvalue weighted by Gasteiger charge is 1.99. The van der Waals surface area contributed by atoms with Crippen molar-refractivity contribution in [1.82, 2.24) is 15.2 Å². The molecule has 1 N–H and O–H groups in total. The van der Waals surface area contributed by atoms with Crippen LogP contribution in [0.3, 0.4) is 0 Å². The lowest BCUT2D eigenvalue weighted by Crippen LogP contribution is -2.29. The molecule has 0 amide bonds. The van der Waals surface area contributed by atoms with Crippen molar-refractivity contribution in [2.24, 2.45) is 0 Å². The van der Waals surface area contributed by atoms with Crippen molar-refractivity contribution in [3.05, 3.63) is 30.1 Å². The van der Waals surface area contributed by atoms with Gasteiger partial charge in [0.05, 0.1) is 6.10 Å². The summed E-state index contributed by atoms with van der Waals surface area (Å²) in [7, 11) is 2.14. The van der Waals surface area contributed by atoms with E-state index in [9.17, 15) is 0 Å². The largest absolute Gasteiger partial charge is 0.379 e. The molecule has 4 nitrogen and oxygen atoms in total. The van der Waals surface area contributed by atoms with E-state index in [-0.39, 0.29) is 0 Å². The molecule has 0 saturated heterocycles. The van der Waals surface area contributed by atoms with Crippen LogP contribution >= 0.6 is 0 Å². The molecule has 1 aromatic rings. The number of likely N-dealkylation sites (N-methyl/N-ethyl adjacent to an activating group) is 1. The Morgan fingerprint density at radius 1 is 1.26 bits per heavy atom. The van der Waals surface area contributed by atoms with Gasteiger partial charge in [0.1, 0.15) is 0 Å². The van der Waals surface area contributed by atoms with Gasteiger partial charge in [0.2, 0.25) is 0 Å². The van der Waals surface area contributed by atoms with E-state index in [0.717, 1.165) is 39.2 Å².